The fourth-order valence-corrected chi connectivity index (χ4v) is 3.77. The highest BCUT2D eigenvalue weighted by molar-refractivity contribution is 9.10. The van der Waals surface area contributed by atoms with Gasteiger partial charge in [-0.3, -0.25) is 0 Å². The molecule has 0 fully saturated rings. The van der Waals surface area contributed by atoms with E-state index in [0.717, 1.165) is 17.7 Å². The molecular weight excluding hydrogens is 447 g/mol. The fraction of sp³-hybridized carbons (Fsp3) is 0.200. The molecule has 25 heavy (non-hydrogen) atoms. The molecule has 136 valence electrons. The first-order valence-corrected chi connectivity index (χ1v) is 9.44. The number of hydrogen-bond donors (Lipinski definition) is 1. The minimum atomic E-state index is -5.02. The molecule has 2 rings (SSSR count). The van der Waals surface area contributed by atoms with Crippen molar-refractivity contribution in [2.75, 3.05) is 0 Å². The van der Waals surface area contributed by atoms with Crippen LogP contribution < -0.4 is 9.46 Å². The molecule has 0 amide bonds. The van der Waals surface area contributed by atoms with E-state index < -0.39 is 27.0 Å². The van der Waals surface area contributed by atoms with Crippen molar-refractivity contribution in [1.82, 2.24) is 4.72 Å². The Balaban J connectivity index is 2.34. The highest BCUT2D eigenvalue weighted by atomic mass is 79.9. The molecule has 4 nitrogen and oxygen atoms in total. The monoisotopic (exact) mass is 457 g/mol. The largest absolute Gasteiger partial charge is 0.573 e. The first-order chi connectivity index (χ1) is 11.5. The van der Waals surface area contributed by atoms with E-state index in [1.54, 1.807) is 25.1 Å². The molecule has 0 heterocycles. The molecule has 0 bridgehead atoms. The van der Waals surface area contributed by atoms with Crippen molar-refractivity contribution in [3.05, 3.63) is 57.0 Å². The summed E-state index contributed by atoms with van der Waals surface area (Å²) in [5, 5.41) is 0.352. The van der Waals surface area contributed by atoms with Crippen LogP contribution >= 0.6 is 27.5 Å². The van der Waals surface area contributed by atoms with Crippen molar-refractivity contribution in [2.45, 2.75) is 24.7 Å². The van der Waals surface area contributed by atoms with Crippen molar-refractivity contribution in [3.8, 4) is 5.75 Å². The second kappa shape index (κ2) is 7.53. The van der Waals surface area contributed by atoms with Crippen molar-refractivity contribution in [2.24, 2.45) is 0 Å². The van der Waals surface area contributed by atoms with Crippen LogP contribution in [-0.2, 0) is 16.6 Å². The summed E-state index contributed by atoms with van der Waals surface area (Å²) in [7, 11) is -4.27. The smallest absolute Gasteiger partial charge is 0.404 e. The maximum Gasteiger partial charge on any atom is 0.573 e. The molecule has 0 aromatic heterocycles. The summed E-state index contributed by atoms with van der Waals surface area (Å²) in [6.45, 7) is 1.57. The van der Waals surface area contributed by atoms with E-state index in [4.69, 9.17) is 11.6 Å². The van der Waals surface area contributed by atoms with Crippen molar-refractivity contribution in [1.29, 1.82) is 0 Å². The van der Waals surface area contributed by atoms with Crippen molar-refractivity contribution < 1.29 is 26.3 Å². The fourth-order valence-electron chi connectivity index (χ4n) is 2.04. The Morgan fingerprint density at radius 2 is 1.92 bits per heavy atom. The van der Waals surface area contributed by atoms with Gasteiger partial charge in [0.05, 0.1) is 0 Å². The van der Waals surface area contributed by atoms with E-state index in [1.807, 2.05) is 0 Å². The Bertz CT molecular complexity index is 868. The van der Waals surface area contributed by atoms with E-state index in [9.17, 15) is 21.6 Å². The maximum absolute atomic E-state index is 12.5. The molecule has 2 aromatic carbocycles. The SMILES string of the molecule is Cc1cccc(Cl)c1CNS(=O)(=O)c1ccc(Br)cc1OC(F)(F)F. The standard InChI is InChI=1S/C15H12BrClF3NO3S/c1-9-3-2-4-12(17)11(9)8-21-25(22,23)14-6-5-10(16)7-13(14)24-15(18,19)20/h2-7,21H,8H2,1H3. The Labute approximate surface area is 156 Å². The summed E-state index contributed by atoms with van der Waals surface area (Å²) in [4.78, 5) is -0.627. The van der Waals surface area contributed by atoms with E-state index >= 15 is 0 Å². The number of benzene rings is 2. The third-order valence-corrected chi connectivity index (χ3v) is 5.50. The molecule has 0 spiro atoms. The average molecular weight is 459 g/mol. The summed E-state index contributed by atoms with van der Waals surface area (Å²) in [6.07, 6.45) is -5.02. The van der Waals surface area contributed by atoms with Crippen LogP contribution in [0.5, 0.6) is 5.75 Å². The van der Waals surface area contributed by atoms with Gasteiger partial charge in [0.2, 0.25) is 10.0 Å². The normalized spacial score (nSPS) is 12.2. The van der Waals surface area contributed by atoms with Gasteiger partial charge in [0.1, 0.15) is 4.90 Å². The van der Waals surface area contributed by atoms with E-state index in [-0.39, 0.29) is 11.0 Å². The zero-order chi connectivity index (χ0) is 18.8. The quantitative estimate of drug-likeness (QED) is 0.701. The van der Waals surface area contributed by atoms with Crippen LogP contribution in [0.3, 0.4) is 0 Å². The number of alkyl halides is 3. The topological polar surface area (TPSA) is 55.4 Å². The van der Waals surface area contributed by atoms with Crippen LogP contribution in [0.25, 0.3) is 0 Å². The van der Waals surface area contributed by atoms with Gasteiger partial charge in [-0.2, -0.15) is 0 Å². The second-order valence-corrected chi connectivity index (χ2v) is 8.06. The lowest BCUT2D eigenvalue weighted by Crippen LogP contribution is -2.26. The van der Waals surface area contributed by atoms with Crippen molar-refractivity contribution in [3.63, 3.8) is 0 Å². The molecule has 0 saturated carbocycles. The van der Waals surface area contributed by atoms with Gasteiger partial charge < -0.3 is 4.74 Å². The molecule has 0 aliphatic rings. The van der Waals surface area contributed by atoms with Crippen LogP contribution in [0, 0.1) is 6.92 Å². The molecule has 1 N–H and O–H groups in total. The third kappa shape index (κ3) is 5.34. The van der Waals surface area contributed by atoms with Gasteiger partial charge in [0.25, 0.3) is 0 Å². The summed E-state index contributed by atoms with van der Waals surface area (Å²) in [6, 6.07) is 8.30. The predicted molar refractivity (Wildman–Crippen MR) is 91.0 cm³/mol. The van der Waals surface area contributed by atoms with Gasteiger partial charge in [-0.05, 0) is 42.3 Å². The Morgan fingerprint density at radius 1 is 1.24 bits per heavy atom. The number of ether oxygens (including phenoxy) is 1. The Morgan fingerprint density at radius 3 is 2.52 bits per heavy atom. The third-order valence-electron chi connectivity index (χ3n) is 3.21. The molecule has 0 aliphatic carbocycles. The summed E-state index contributed by atoms with van der Waals surface area (Å²) in [5.41, 5.74) is 1.28. The molecule has 0 radical (unpaired) electrons. The minimum Gasteiger partial charge on any atom is -0.404 e. The van der Waals surface area contributed by atoms with Gasteiger partial charge in [0, 0.05) is 16.0 Å². The van der Waals surface area contributed by atoms with Gasteiger partial charge in [0.15, 0.2) is 5.75 Å². The van der Waals surface area contributed by atoms with E-state index in [0.29, 0.717) is 10.6 Å². The van der Waals surface area contributed by atoms with Gasteiger partial charge >= 0.3 is 6.36 Å². The van der Waals surface area contributed by atoms with Crippen LogP contribution in [0.1, 0.15) is 11.1 Å². The van der Waals surface area contributed by atoms with Crippen molar-refractivity contribution >= 4 is 37.6 Å². The molecular formula is C15H12BrClF3NO3S. The molecule has 0 atom stereocenters. The highest BCUT2D eigenvalue weighted by Crippen LogP contribution is 2.32. The van der Waals surface area contributed by atoms with E-state index in [1.165, 1.54) is 6.07 Å². The molecule has 0 saturated heterocycles. The van der Waals surface area contributed by atoms with Gasteiger partial charge in [-0.25, -0.2) is 13.1 Å². The van der Waals surface area contributed by atoms with Crippen LogP contribution in [-0.4, -0.2) is 14.8 Å². The maximum atomic E-state index is 12.5. The molecule has 0 aliphatic heterocycles. The zero-order valence-corrected chi connectivity index (χ0v) is 15.9. The number of nitrogens with one attached hydrogen (secondary N) is 1. The zero-order valence-electron chi connectivity index (χ0n) is 12.7. The lowest BCUT2D eigenvalue weighted by atomic mass is 10.1. The van der Waals surface area contributed by atoms with Gasteiger partial charge in [-0.1, -0.05) is 39.7 Å². The number of sulfonamides is 1. The summed E-state index contributed by atoms with van der Waals surface area (Å²) < 4.78 is 68.8. The number of rotatable bonds is 5. The average Bonchev–Trinajstić information content (AvgIpc) is 2.44. The minimum absolute atomic E-state index is 0.171. The predicted octanol–water partition coefficient (Wildman–Crippen LogP) is 4.79. The van der Waals surface area contributed by atoms with Crippen LogP contribution in [0.15, 0.2) is 45.8 Å². The lowest BCUT2D eigenvalue weighted by molar-refractivity contribution is -0.275. The number of aryl methyl sites for hydroxylation is 1. The molecule has 10 heteroatoms. The number of hydrogen-bond acceptors (Lipinski definition) is 3. The first-order valence-electron chi connectivity index (χ1n) is 6.78. The van der Waals surface area contributed by atoms with E-state index in [2.05, 4.69) is 25.4 Å². The highest BCUT2D eigenvalue weighted by Gasteiger charge is 2.34. The lowest BCUT2D eigenvalue weighted by Gasteiger charge is -2.15. The summed E-state index contributed by atoms with van der Waals surface area (Å²) >= 11 is 9.01. The first kappa shape index (κ1) is 20.0. The van der Waals surface area contributed by atoms with Crippen LogP contribution in [0.4, 0.5) is 13.2 Å². The molecule has 2 aromatic rings. The van der Waals surface area contributed by atoms with Gasteiger partial charge in [-0.15, -0.1) is 13.2 Å². The van der Waals surface area contributed by atoms with Crippen LogP contribution in [0.2, 0.25) is 5.02 Å². The second-order valence-electron chi connectivity index (χ2n) is 5.00. The Hall–Kier alpha value is -1.29. The number of halogens is 5. The molecule has 0 unspecified atom stereocenters. The summed E-state index contributed by atoms with van der Waals surface area (Å²) in [5.74, 6) is -0.828. The Kier molecular flexibility index (Phi) is 6.03.